The number of ketones is 2. The molecule has 0 atom stereocenters. The van der Waals surface area contributed by atoms with Crippen LogP contribution < -0.4 is 31.8 Å². The van der Waals surface area contributed by atoms with E-state index < -0.39 is 58.5 Å². The van der Waals surface area contributed by atoms with Gasteiger partial charge in [-0.05, 0) is 77.4 Å². The van der Waals surface area contributed by atoms with Gasteiger partial charge in [-0.3, -0.25) is 29.5 Å². The number of fused-ring (bicyclic) bond motifs is 1. The summed E-state index contributed by atoms with van der Waals surface area (Å²) in [7, 11) is -7.39. The molecule has 0 saturated heterocycles. The Labute approximate surface area is 319 Å². The number of azo groups is 1. The number of hydrazone groups is 2. The van der Waals surface area contributed by atoms with Gasteiger partial charge in [-0.2, -0.15) is 27.0 Å². The lowest BCUT2D eigenvalue weighted by Gasteiger charge is -2.20. The van der Waals surface area contributed by atoms with Crippen molar-refractivity contribution in [3.63, 3.8) is 0 Å². The second-order valence-electron chi connectivity index (χ2n) is 11.8. The van der Waals surface area contributed by atoms with Crippen LogP contribution in [0.15, 0.2) is 127 Å². The molecular weight excluding hydrogens is 769 g/mol. The summed E-state index contributed by atoms with van der Waals surface area (Å²) < 4.78 is 80.9. The highest BCUT2D eigenvalue weighted by Gasteiger charge is 2.37. The number of nitrogen functional groups attached to an aromatic ring is 1. The Morgan fingerprint density at radius 3 is 2.05 bits per heavy atom. The minimum atomic E-state index is -5.12. The number of nitrogens with two attached hydrogens (primary N) is 2. The number of allylic oxidation sites excluding steroid dienone is 4. The van der Waals surface area contributed by atoms with Gasteiger partial charge in [0.25, 0.3) is 20.2 Å². The minimum absolute atomic E-state index is 0.0783. The number of hydrogen-bond acceptors (Lipinski definition) is 16. The van der Waals surface area contributed by atoms with Crippen molar-refractivity contribution in [2.45, 2.75) is 4.90 Å². The third kappa shape index (κ3) is 8.07. The SMILES string of the molecule is COc1cc(-c2ccc(NN=C3C=CC(=O)C=C3N)c(OC)c2)ccc1N=Nc1c(S(=O)(=O)O)cc2c(c1N)C(=O)C(=NNc1ccccc1)C(S(=O)(=O)O)=C2. The molecule has 0 heterocycles. The molecule has 0 radical (unpaired) electrons. The molecule has 4 aromatic carbocycles. The van der Waals surface area contributed by atoms with E-state index in [0.29, 0.717) is 34.0 Å². The van der Waals surface area contributed by atoms with Crippen molar-refractivity contribution in [3.8, 4) is 22.6 Å². The van der Waals surface area contributed by atoms with E-state index in [1.807, 2.05) is 0 Å². The number of ether oxygens (including phenoxy) is 2. The first-order valence-electron chi connectivity index (χ1n) is 16.0. The molecule has 286 valence electrons. The molecule has 0 saturated carbocycles. The standard InChI is InChI=1S/C36H30N8O10S2/c1-53-28-14-19(8-11-26(28)41-40-25-13-10-23(45)18-24(25)37)20-9-12-27(29(15-20)54-2)42-43-34-30(55(47,48)49)16-21-17-31(56(50,51)52)35(36(46)32(21)33(34)38)44-39-22-6-4-3-5-7-22/h3-18,39,41H,37-38H2,1-2H3,(H,47,48,49)(H,50,51,52). The van der Waals surface area contributed by atoms with Gasteiger partial charge in [0.1, 0.15) is 38.4 Å². The molecule has 8 N–H and O–H groups in total. The third-order valence-electron chi connectivity index (χ3n) is 8.19. The number of carbonyl (C=O) groups is 2. The van der Waals surface area contributed by atoms with Crippen LogP contribution in [0.2, 0.25) is 0 Å². The molecule has 6 rings (SSSR count). The lowest BCUT2D eigenvalue weighted by atomic mass is 9.92. The molecule has 2 aliphatic rings. The van der Waals surface area contributed by atoms with E-state index in [-0.39, 0.29) is 28.5 Å². The fourth-order valence-electron chi connectivity index (χ4n) is 5.49. The summed E-state index contributed by atoms with van der Waals surface area (Å²) in [6, 6.07) is 18.9. The maximum Gasteiger partial charge on any atom is 0.296 e. The second-order valence-corrected chi connectivity index (χ2v) is 14.6. The monoisotopic (exact) mass is 798 g/mol. The van der Waals surface area contributed by atoms with E-state index in [2.05, 4.69) is 31.3 Å². The quantitative estimate of drug-likeness (QED) is 0.0371. The van der Waals surface area contributed by atoms with Gasteiger partial charge in [0.05, 0.1) is 42.5 Å². The zero-order valence-electron chi connectivity index (χ0n) is 29.2. The van der Waals surface area contributed by atoms with Gasteiger partial charge in [0, 0.05) is 6.08 Å². The molecular formula is C36H30N8O10S2. The molecule has 0 aliphatic heterocycles. The van der Waals surface area contributed by atoms with Crippen molar-refractivity contribution < 1.29 is 45.0 Å². The number of nitrogens with zero attached hydrogens (tertiary/aromatic N) is 4. The molecule has 4 aromatic rings. The summed E-state index contributed by atoms with van der Waals surface area (Å²) in [5, 5.41) is 16.3. The highest BCUT2D eigenvalue weighted by atomic mass is 32.2. The number of para-hydroxylation sites is 1. The largest absolute Gasteiger partial charge is 0.494 e. The van der Waals surface area contributed by atoms with Gasteiger partial charge < -0.3 is 20.9 Å². The Morgan fingerprint density at radius 2 is 1.41 bits per heavy atom. The molecule has 0 aromatic heterocycles. The highest BCUT2D eigenvalue weighted by Crippen LogP contribution is 2.42. The predicted molar refractivity (Wildman–Crippen MR) is 209 cm³/mol. The molecule has 18 nitrogen and oxygen atoms in total. The molecule has 0 unspecified atom stereocenters. The van der Waals surface area contributed by atoms with Crippen LogP contribution in [0.1, 0.15) is 15.9 Å². The number of nitrogens with one attached hydrogen (secondary N) is 2. The van der Waals surface area contributed by atoms with E-state index in [0.717, 1.165) is 12.1 Å². The Hall–Kier alpha value is -7.00. The summed E-state index contributed by atoms with van der Waals surface area (Å²) in [6.07, 6.45) is 4.87. The fraction of sp³-hybridized carbons (Fsp3) is 0.0556. The Kier molecular flexibility index (Phi) is 10.6. The Bertz CT molecular complexity index is 2720. The van der Waals surface area contributed by atoms with Crippen LogP contribution in [-0.2, 0) is 25.0 Å². The van der Waals surface area contributed by atoms with E-state index in [9.17, 15) is 35.5 Å². The normalized spacial score (nSPS) is 15.8. The van der Waals surface area contributed by atoms with Crippen molar-refractivity contribution in [1.82, 2.24) is 0 Å². The van der Waals surface area contributed by atoms with Crippen LogP contribution in [-0.4, -0.2) is 63.2 Å². The molecule has 20 heteroatoms. The van der Waals surface area contributed by atoms with E-state index in [4.69, 9.17) is 20.9 Å². The number of benzene rings is 4. The number of methoxy groups -OCH3 is 2. The van der Waals surface area contributed by atoms with E-state index >= 15 is 0 Å². The maximum absolute atomic E-state index is 13.8. The van der Waals surface area contributed by atoms with Crippen LogP contribution in [0.25, 0.3) is 17.2 Å². The first-order valence-corrected chi connectivity index (χ1v) is 18.9. The molecule has 0 bridgehead atoms. The lowest BCUT2D eigenvalue weighted by Crippen LogP contribution is -2.28. The van der Waals surface area contributed by atoms with Gasteiger partial charge in [-0.25, -0.2) is 0 Å². The predicted octanol–water partition coefficient (Wildman–Crippen LogP) is 5.26. The van der Waals surface area contributed by atoms with Crippen molar-refractivity contribution in [2.75, 3.05) is 30.8 Å². The number of Topliss-reactive ketones (excluding diaryl/α,β-unsaturated/α-hetero) is 1. The average molecular weight is 799 g/mol. The van der Waals surface area contributed by atoms with Crippen molar-refractivity contribution in [3.05, 3.63) is 113 Å². The van der Waals surface area contributed by atoms with Gasteiger partial charge >= 0.3 is 0 Å². The summed E-state index contributed by atoms with van der Waals surface area (Å²) >= 11 is 0. The molecule has 2 aliphatic carbocycles. The second kappa shape index (κ2) is 15.4. The van der Waals surface area contributed by atoms with Crippen LogP contribution in [0.3, 0.4) is 0 Å². The first kappa shape index (κ1) is 38.7. The van der Waals surface area contributed by atoms with E-state index in [1.54, 1.807) is 60.7 Å². The van der Waals surface area contributed by atoms with Gasteiger partial charge in [-0.15, -0.1) is 10.2 Å². The third-order valence-corrected chi connectivity index (χ3v) is 9.92. The van der Waals surface area contributed by atoms with E-state index in [1.165, 1.54) is 38.5 Å². The van der Waals surface area contributed by atoms with Gasteiger partial charge in [-0.1, -0.05) is 30.3 Å². The number of carbonyl (C=O) groups excluding carboxylic acids is 2. The van der Waals surface area contributed by atoms with Crippen LogP contribution >= 0.6 is 0 Å². The van der Waals surface area contributed by atoms with Crippen LogP contribution in [0, 0.1) is 0 Å². The number of hydrogen-bond donors (Lipinski definition) is 6. The summed E-state index contributed by atoms with van der Waals surface area (Å²) in [5.41, 5.74) is 17.6. The van der Waals surface area contributed by atoms with Crippen LogP contribution in [0.5, 0.6) is 11.5 Å². The maximum atomic E-state index is 13.8. The van der Waals surface area contributed by atoms with Crippen molar-refractivity contribution in [1.29, 1.82) is 0 Å². The summed E-state index contributed by atoms with van der Waals surface area (Å²) in [5.74, 6) is -0.778. The molecule has 0 fully saturated rings. The fourth-order valence-corrected chi connectivity index (χ4v) is 6.82. The minimum Gasteiger partial charge on any atom is -0.494 e. The van der Waals surface area contributed by atoms with Crippen LogP contribution in [0.4, 0.5) is 28.4 Å². The molecule has 56 heavy (non-hydrogen) atoms. The number of rotatable bonds is 11. The smallest absolute Gasteiger partial charge is 0.296 e. The Morgan fingerprint density at radius 1 is 0.732 bits per heavy atom. The lowest BCUT2D eigenvalue weighted by molar-refractivity contribution is -0.110. The summed E-state index contributed by atoms with van der Waals surface area (Å²) in [4.78, 5) is 23.4. The zero-order chi connectivity index (χ0) is 40.4. The zero-order valence-corrected chi connectivity index (χ0v) is 30.8. The van der Waals surface area contributed by atoms with Gasteiger partial charge in [0.15, 0.2) is 11.5 Å². The molecule has 0 spiro atoms. The average Bonchev–Trinajstić information content (AvgIpc) is 3.16. The first-order chi connectivity index (χ1) is 26.6. The Balaban J connectivity index is 1.36. The van der Waals surface area contributed by atoms with Gasteiger partial charge in [0.2, 0.25) is 5.78 Å². The molecule has 0 amide bonds. The highest BCUT2D eigenvalue weighted by molar-refractivity contribution is 7.91. The summed E-state index contributed by atoms with van der Waals surface area (Å²) in [6.45, 7) is 0. The number of anilines is 3. The van der Waals surface area contributed by atoms with Crippen molar-refractivity contribution in [2.24, 2.45) is 26.2 Å². The van der Waals surface area contributed by atoms with Crippen molar-refractivity contribution >= 4 is 77.7 Å². The topological polar surface area (TPSA) is 287 Å².